The Labute approximate surface area is 114 Å². The van der Waals surface area contributed by atoms with Gasteiger partial charge in [-0.25, -0.2) is 4.79 Å². The van der Waals surface area contributed by atoms with E-state index in [1.54, 1.807) is 0 Å². The van der Waals surface area contributed by atoms with E-state index in [0.29, 0.717) is 6.61 Å². The topological polar surface area (TPSA) is 46.5 Å². The predicted molar refractivity (Wildman–Crippen MR) is 83.1 cm³/mol. The number of carbonyl (C=O) groups is 1. The monoisotopic (exact) mass is 288 g/mol. The highest BCUT2D eigenvalue weighted by atomic mass is 28.3. The van der Waals surface area contributed by atoms with E-state index >= 15 is 0 Å². The maximum atomic E-state index is 10.2. The van der Waals surface area contributed by atoms with Gasteiger partial charge in [0.2, 0.25) is 0 Å². The lowest BCUT2D eigenvalue weighted by Gasteiger charge is -2.21. The van der Waals surface area contributed by atoms with E-state index in [1.165, 1.54) is 30.1 Å². The predicted octanol–water partition coefficient (Wildman–Crippen LogP) is 3.68. The van der Waals surface area contributed by atoms with Crippen LogP contribution >= 0.6 is 0 Å². The summed E-state index contributed by atoms with van der Waals surface area (Å²) in [6.45, 7) is 9.51. The van der Waals surface area contributed by atoms with Gasteiger partial charge in [0.05, 0.1) is 6.61 Å². The zero-order chi connectivity index (χ0) is 14.0. The summed E-state index contributed by atoms with van der Waals surface area (Å²) < 4.78 is 4.54. The van der Waals surface area contributed by atoms with Crippen molar-refractivity contribution >= 4 is 23.7 Å². The summed E-state index contributed by atoms with van der Waals surface area (Å²) in [6.07, 6.45) is 1.09. The molecule has 0 radical (unpaired) electrons. The maximum absolute atomic E-state index is 10.2. The normalized spacial score (nSPS) is 11.8. The number of ether oxygens (including phenoxy) is 1. The molecule has 18 heavy (non-hydrogen) atoms. The summed E-state index contributed by atoms with van der Waals surface area (Å²) in [5.41, 5.74) is 3.90. The van der Waals surface area contributed by atoms with Crippen LogP contribution in [0.4, 0.5) is 4.79 Å². The molecule has 0 rings (SSSR count). The average molecular weight is 289 g/mol. The first-order valence-electron chi connectivity index (χ1n) is 6.82. The summed E-state index contributed by atoms with van der Waals surface area (Å²) >= 11 is 0. The Balaban J connectivity index is 3.60. The van der Waals surface area contributed by atoms with Gasteiger partial charge in [0.25, 0.3) is 0 Å². The Morgan fingerprint density at radius 1 is 1.28 bits per heavy atom. The quantitative estimate of drug-likeness (QED) is 0.400. The van der Waals surface area contributed by atoms with Crippen LogP contribution in [-0.4, -0.2) is 35.5 Å². The van der Waals surface area contributed by atoms with Crippen molar-refractivity contribution in [2.45, 2.75) is 57.9 Å². The minimum absolute atomic E-state index is 0.0183. The first-order valence-corrected chi connectivity index (χ1v) is 12.1. The fourth-order valence-corrected chi connectivity index (χ4v) is 6.35. The van der Waals surface area contributed by atoms with E-state index in [-0.39, 0.29) is 9.52 Å². The summed E-state index contributed by atoms with van der Waals surface area (Å²) in [5, 5.41) is 8.38. The van der Waals surface area contributed by atoms with E-state index in [4.69, 9.17) is 5.11 Å². The molecule has 5 heteroatoms. The van der Waals surface area contributed by atoms with Crippen molar-refractivity contribution < 1.29 is 14.6 Å². The van der Waals surface area contributed by atoms with E-state index in [0.717, 1.165) is 6.42 Å². The Morgan fingerprint density at radius 3 is 2.44 bits per heavy atom. The van der Waals surface area contributed by atoms with Gasteiger partial charge in [-0.1, -0.05) is 43.2 Å². The molecule has 0 atom stereocenters. The van der Waals surface area contributed by atoms with Gasteiger partial charge in [0.1, 0.15) is 0 Å². The second-order valence-electron chi connectivity index (χ2n) is 5.91. The van der Waals surface area contributed by atoms with E-state index < -0.39 is 14.2 Å². The zero-order valence-electron chi connectivity index (χ0n) is 12.3. The molecule has 1 N–H and O–H groups in total. The van der Waals surface area contributed by atoms with Gasteiger partial charge in [0.15, 0.2) is 0 Å². The number of rotatable bonds is 9. The Morgan fingerprint density at radius 2 is 1.89 bits per heavy atom. The summed E-state index contributed by atoms with van der Waals surface area (Å²) in [6, 6.07) is 3.95. The van der Waals surface area contributed by atoms with Crippen molar-refractivity contribution in [3.05, 3.63) is 11.3 Å². The third-order valence-electron chi connectivity index (χ3n) is 3.08. The van der Waals surface area contributed by atoms with Crippen LogP contribution < -0.4 is 0 Å². The molecule has 0 amide bonds. The minimum Gasteiger partial charge on any atom is -0.450 e. The fraction of sp³-hybridized carbons (Fsp3) is 0.769. The van der Waals surface area contributed by atoms with Gasteiger partial charge in [-0.3, -0.25) is 0 Å². The van der Waals surface area contributed by atoms with Crippen molar-refractivity contribution in [2.75, 3.05) is 6.61 Å². The molecule has 0 aliphatic carbocycles. The summed E-state index contributed by atoms with van der Waals surface area (Å²) in [5.74, 6) is 0. The maximum Gasteiger partial charge on any atom is 0.505 e. The first-order chi connectivity index (χ1) is 8.33. The van der Waals surface area contributed by atoms with E-state index in [2.05, 4.69) is 37.4 Å². The highest BCUT2D eigenvalue weighted by Gasteiger charge is 2.19. The van der Waals surface area contributed by atoms with Crippen LogP contribution in [0.1, 0.15) is 26.7 Å². The molecule has 0 heterocycles. The van der Waals surface area contributed by atoms with E-state index in [9.17, 15) is 4.79 Å². The number of hydrogen-bond donors (Lipinski definition) is 1. The molecule has 0 aliphatic rings. The lowest BCUT2D eigenvalue weighted by Crippen LogP contribution is -2.25. The van der Waals surface area contributed by atoms with Gasteiger partial charge in [-0.2, -0.15) is 0 Å². The van der Waals surface area contributed by atoms with Crippen LogP contribution in [0.5, 0.6) is 0 Å². The van der Waals surface area contributed by atoms with Gasteiger partial charge in [-0.05, 0) is 20.3 Å². The zero-order valence-corrected chi connectivity index (χ0v) is 14.7. The lowest BCUT2D eigenvalue weighted by atomic mass is 10.4. The molecule has 0 fully saturated rings. The second kappa shape index (κ2) is 9.38. The third-order valence-corrected chi connectivity index (χ3v) is 8.51. The third kappa shape index (κ3) is 11.9. The number of hydrogen-bond acceptors (Lipinski definition) is 2. The molecule has 106 valence electrons. The number of carboxylic acid groups (broad SMARTS) is 1. The van der Waals surface area contributed by atoms with Gasteiger partial charge >= 0.3 is 6.16 Å². The van der Waals surface area contributed by atoms with Crippen LogP contribution in [-0.2, 0) is 4.74 Å². The standard InChI is InChI=1S/C13H28O3Si2/c1-12(2)11-17-8-6-10-18(3,4)9-5-7-16-13(14)15/h11H,5-10,17H2,1-4H3,(H,14,15). The highest BCUT2D eigenvalue weighted by Crippen LogP contribution is 2.20. The first kappa shape index (κ1) is 17.4. The second-order valence-corrected chi connectivity index (χ2v) is 12.9. The Kier molecular flexibility index (Phi) is 9.09. The molecule has 0 saturated heterocycles. The van der Waals surface area contributed by atoms with Crippen molar-refractivity contribution in [1.82, 2.24) is 0 Å². The lowest BCUT2D eigenvalue weighted by molar-refractivity contribution is 0.0917. The van der Waals surface area contributed by atoms with Crippen molar-refractivity contribution in [3.8, 4) is 0 Å². The van der Waals surface area contributed by atoms with Crippen LogP contribution in [0.25, 0.3) is 0 Å². The summed E-state index contributed by atoms with van der Waals surface area (Å²) in [7, 11) is -1.11. The fourth-order valence-electron chi connectivity index (χ4n) is 1.97. The van der Waals surface area contributed by atoms with Crippen molar-refractivity contribution in [3.63, 3.8) is 0 Å². The molecule has 0 spiro atoms. The SMILES string of the molecule is CC(C)=C[SiH2]CCC[Si](C)(C)CCCOC(=O)O. The average Bonchev–Trinajstić information content (AvgIpc) is 2.23. The van der Waals surface area contributed by atoms with Gasteiger partial charge in [0, 0.05) is 17.6 Å². The van der Waals surface area contributed by atoms with Crippen LogP contribution in [0.2, 0.25) is 31.2 Å². The van der Waals surface area contributed by atoms with Crippen molar-refractivity contribution in [1.29, 1.82) is 0 Å². The molecule has 0 unspecified atom stereocenters. The van der Waals surface area contributed by atoms with Gasteiger partial charge in [-0.15, -0.1) is 5.70 Å². The number of allylic oxidation sites excluding steroid dienone is 1. The van der Waals surface area contributed by atoms with Crippen molar-refractivity contribution in [2.24, 2.45) is 0 Å². The molecule has 0 aromatic rings. The van der Waals surface area contributed by atoms with Crippen LogP contribution in [0.15, 0.2) is 11.3 Å². The Bertz CT molecular complexity index is 271. The largest absolute Gasteiger partial charge is 0.505 e. The van der Waals surface area contributed by atoms with Crippen LogP contribution in [0.3, 0.4) is 0 Å². The molecule has 0 aromatic heterocycles. The molecular formula is C13H28O3Si2. The molecule has 0 aromatic carbocycles. The summed E-state index contributed by atoms with van der Waals surface area (Å²) in [4.78, 5) is 10.2. The Hall–Kier alpha value is -0.556. The smallest absolute Gasteiger partial charge is 0.450 e. The van der Waals surface area contributed by atoms with Gasteiger partial charge < -0.3 is 9.84 Å². The molecule has 3 nitrogen and oxygen atoms in total. The van der Waals surface area contributed by atoms with Crippen LogP contribution in [0, 0.1) is 0 Å². The molecule has 0 bridgehead atoms. The van der Waals surface area contributed by atoms with E-state index in [1.807, 2.05) is 0 Å². The molecule has 0 aliphatic heterocycles. The minimum atomic E-state index is -1.15. The molecular weight excluding hydrogens is 260 g/mol. The molecule has 0 saturated carbocycles. The highest BCUT2D eigenvalue weighted by molar-refractivity contribution is 6.77.